The standard InChI is InChI=1S/C17H18ClNO2S/c1-11-4-9-16(21-3)15(10-11)19-17(20)12(2)22-14-7-5-13(18)6-8-14/h4-10,12H,1-3H3,(H,19,20). The summed E-state index contributed by atoms with van der Waals surface area (Å²) in [6.45, 7) is 3.85. The van der Waals surface area contributed by atoms with Crippen LogP contribution < -0.4 is 10.1 Å². The fraction of sp³-hybridized carbons (Fsp3) is 0.235. The van der Waals surface area contributed by atoms with Crippen LogP contribution >= 0.6 is 23.4 Å². The van der Waals surface area contributed by atoms with E-state index in [2.05, 4.69) is 5.32 Å². The van der Waals surface area contributed by atoms with Crippen LogP contribution in [0, 0.1) is 6.92 Å². The average Bonchev–Trinajstić information content (AvgIpc) is 2.49. The summed E-state index contributed by atoms with van der Waals surface area (Å²) in [5.41, 5.74) is 1.75. The van der Waals surface area contributed by atoms with Crippen LogP contribution in [-0.4, -0.2) is 18.3 Å². The molecule has 0 spiro atoms. The van der Waals surface area contributed by atoms with Gasteiger partial charge in [0.15, 0.2) is 0 Å². The van der Waals surface area contributed by atoms with Gasteiger partial charge in [-0.15, -0.1) is 11.8 Å². The molecule has 5 heteroatoms. The Hall–Kier alpha value is -1.65. The molecule has 1 unspecified atom stereocenters. The SMILES string of the molecule is COc1ccc(C)cc1NC(=O)C(C)Sc1ccc(Cl)cc1. The van der Waals surface area contributed by atoms with Crippen molar-refractivity contribution in [2.24, 2.45) is 0 Å². The lowest BCUT2D eigenvalue weighted by atomic mass is 10.2. The molecule has 0 saturated heterocycles. The van der Waals surface area contributed by atoms with E-state index in [0.29, 0.717) is 16.5 Å². The van der Waals surface area contributed by atoms with Gasteiger partial charge in [0, 0.05) is 9.92 Å². The quantitative estimate of drug-likeness (QED) is 0.799. The zero-order chi connectivity index (χ0) is 16.1. The minimum Gasteiger partial charge on any atom is -0.495 e. The number of benzene rings is 2. The number of halogens is 1. The molecule has 0 fully saturated rings. The molecule has 0 bridgehead atoms. The molecule has 22 heavy (non-hydrogen) atoms. The molecule has 1 atom stereocenters. The van der Waals surface area contributed by atoms with Crippen molar-refractivity contribution >= 4 is 35.0 Å². The molecule has 116 valence electrons. The fourth-order valence-electron chi connectivity index (χ4n) is 1.92. The van der Waals surface area contributed by atoms with Gasteiger partial charge in [-0.3, -0.25) is 4.79 Å². The molecule has 3 nitrogen and oxygen atoms in total. The number of anilines is 1. The Bertz CT molecular complexity index is 658. The minimum atomic E-state index is -0.230. The molecule has 0 heterocycles. The smallest absolute Gasteiger partial charge is 0.237 e. The number of rotatable bonds is 5. The predicted octanol–water partition coefficient (Wildman–Crippen LogP) is 4.78. The van der Waals surface area contributed by atoms with E-state index in [1.807, 2.05) is 56.3 Å². The van der Waals surface area contributed by atoms with E-state index in [4.69, 9.17) is 16.3 Å². The summed E-state index contributed by atoms with van der Waals surface area (Å²) in [5, 5.41) is 3.38. The molecule has 2 aromatic rings. The van der Waals surface area contributed by atoms with E-state index in [9.17, 15) is 4.79 Å². The summed E-state index contributed by atoms with van der Waals surface area (Å²) in [7, 11) is 1.59. The van der Waals surface area contributed by atoms with Crippen LogP contribution in [0.15, 0.2) is 47.4 Å². The molecule has 2 aromatic carbocycles. The Labute approximate surface area is 140 Å². The summed E-state index contributed by atoms with van der Waals surface area (Å²) >= 11 is 7.35. The normalized spacial score (nSPS) is 11.8. The van der Waals surface area contributed by atoms with Gasteiger partial charge < -0.3 is 10.1 Å². The van der Waals surface area contributed by atoms with Gasteiger partial charge in [0.05, 0.1) is 18.0 Å². The number of hydrogen-bond donors (Lipinski definition) is 1. The average molecular weight is 336 g/mol. The van der Waals surface area contributed by atoms with Gasteiger partial charge in [-0.25, -0.2) is 0 Å². The summed E-state index contributed by atoms with van der Waals surface area (Å²) < 4.78 is 5.28. The van der Waals surface area contributed by atoms with E-state index in [-0.39, 0.29) is 11.2 Å². The molecular formula is C17H18ClNO2S. The van der Waals surface area contributed by atoms with E-state index in [0.717, 1.165) is 10.5 Å². The van der Waals surface area contributed by atoms with Crippen LogP contribution in [0.5, 0.6) is 5.75 Å². The Morgan fingerprint density at radius 2 is 1.91 bits per heavy atom. The van der Waals surface area contributed by atoms with Crippen molar-refractivity contribution in [2.75, 3.05) is 12.4 Å². The van der Waals surface area contributed by atoms with E-state index < -0.39 is 0 Å². The summed E-state index contributed by atoms with van der Waals surface area (Å²) in [5.74, 6) is 0.589. The maximum Gasteiger partial charge on any atom is 0.237 e. The fourth-order valence-corrected chi connectivity index (χ4v) is 2.92. The highest BCUT2D eigenvalue weighted by molar-refractivity contribution is 8.00. The topological polar surface area (TPSA) is 38.3 Å². The highest BCUT2D eigenvalue weighted by Gasteiger charge is 2.16. The maximum absolute atomic E-state index is 12.3. The third-order valence-corrected chi connectivity index (χ3v) is 4.47. The van der Waals surface area contributed by atoms with E-state index in [1.54, 1.807) is 7.11 Å². The van der Waals surface area contributed by atoms with Crippen LogP contribution in [0.1, 0.15) is 12.5 Å². The second-order valence-electron chi connectivity index (χ2n) is 4.91. The first-order chi connectivity index (χ1) is 10.5. The van der Waals surface area contributed by atoms with Gasteiger partial charge in [-0.05, 0) is 55.8 Å². The Morgan fingerprint density at radius 3 is 2.55 bits per heavy atom. The molecule has 0 saturated carbocycles. The molecule has 1 N–H and O–H groups in total. The lowest BCUT2D eigenvalue weighted by Gasteiger charge is -2.14. The Morgan fingerprint density at radius 1 is 1.23 bits per heavy atom. The highest BCUT2D eigenvalue weighted by Crippen LogP contribution is 2.28. The van der Waals surface area contributed by atoms with Crippen molar-refractivity contribution in [3.8, 4) is 5.75 Å². The third kappa shape index (κ3) is 4.42. The van der Waals surface area contributed by atoms with Crippen molar-refractivity contribution in [2.45, 2.75) is 24.0 Å². The molecule has 0 radical (unpaired) electrons. The number of carbonyl (C=O) groups excluding carboxylic acids is 1. The largest absolute Gasteiger partial charge is 0.495 e. The Kier molecular flexibility index (Phi) is 5.75. The molecule has 0 aliphatic carbocycles. The zero-order valence-corrected chi connectivity index (χ0v) is 14.3. The number of thioether (sulfide) groups is 1. The number of aryl methyl sites for hydroxylation is 1. The maximum atomic E-state index is 12.3. The number of hydrogen-bond acceptors (Lipinski definition) is 3. The van der Waals surface area contributed by atoms with Crippen LogP contribution in [0.2, 0.25) is 5.02 Å². The van der Waals surface area contributed by atoms with Crippen molar-refractivity contribution in [1.82, 2.24) is 0 Å². The zero-order valence-electron chi connectivity index (χ0n) is 12.7. The van der Waals surface area contributed by atoms with Gasteiger partial charge in [-0.1, -0.05) is 17.7 Å². The van der Waals surface area contributed by atoms with Crippen molar-refractivity contribution in [3.05, 3.63) is 53.1 Å². The summed E-state index contributed by atoms with van der Waals surface area (Å²) in [6.07, 6.45) is 0. The molecule has 0 aliphatic heterocycles. The summed E-state index contributed by atoms with van der Waals surface area (Å²) in [4.78, 5) is 13.4. The molecule has 1 amide bonds. The van der Waals surface area contributed by atoms with Gasteiger partial charge in [0.1, 0.15) is 5.75 Å². The second kappa shape index (κ2) is 7.56. The minimum absolute atomic E-state index is 0.0659. The number of methoxy groups -OCH3 is 1. The molecule has 2 rings (SSSR count). The number of carbonyl (C=O) groups is 1. The Balaban J connectivity index is 2.05. The van der Waals surface area contributed by atoms with E-state index >= 15 is 0 Å². The number of nitrogens with one attached hydrogen (secondary N) is 1. The monoisotopic (exact) mass is 335 g/mol. The molecular weight excluding hydrogens is 318 g/mol. The second-order valence-corrected chi connectivity index (χ2v) is 6.76. The van der Waals surface area contributed by atoms with Crippen LogP contribution in [0.25, 0.3) is 0 Å². The van der Waals surface area contributed by atoms with Gasteiger partial charge in [0.25, 0.3) is 0 Å². The third-order valence-electron chi connectivity index (χ3n) is 3.11. The van der Waals surface area contributed by atoms with Crippen LogP contribution in [0.4, 0.5) is 5.69 Å². The van der Waals surface area contributed by atoms with Crippen LogP contribution in [-0.2, 0) is 4.79 Å². The first-order valence-corrected chi connectivity index (χ1v) is 8.13. The van der Waals surface area contributed by atoms with Crippen molar-refractivity contribution in [3.63, 3.8) is 0 Å². The molecule has 0 aliphatic rings. The predicted molar refractivity (Wildman–Crippen MR) is 93.1 cm³/mol. The van der Waals surface area contributed by atoms with Gasteiger partial charge >= 0.3 is 0 Å². The highest BCUT2D eigenvalue weighted by atomic mass is 35.5. The van der Waals surface area contributed by atoms with Crippen molar-refractivity contribution < 1.29 is 9.53 Å². The summed E-state index contributed by atoms with van der Waals surface area (Å²) in [6, 6.07) is 13.1. The van der Waals surface area contributed by atoms with Crippen LogP contribution in [0.3, 0.4) is 0 Å². The first kappa shape index (κ1) is 16.7. The lowest BCUT2D eigenvalue weighted by molar-refractivity contribution is -0.115. The first-order valence-electron chi connectivity index (χ1n) is 6.87. The van der Waals surface area contributed by atoms with Crippen molar-refractivity contribution in [1.29, 1.82) is 0 Å². The number of ether oxygens (including phenoxy) is 1. The van der Waals surface area contributed by atoms with Gasteiger partial charge in [-0.2, -0.15) is 0 Å². The van der Waals surface area contributed by atoms with Gasteiger partial charge in [0.2, 0.25) is 5.91 Å². The van der Waals surface area contributed by atoms with E-state index in [1.165, 1.54) is 11.8 Å². The lowest BCUT2D eigenvalue weighted by Crippen LogP contribution is -2.22. The molecule has 0 aromatic heterocycles. The number of amides is 1.